The summed E-state index contributed by atoms with van der Waals surface area (Å²) in [6.45, 7) is 3.53. The first-order valence-corrected chi connectivity index (χ1v) is 7.53. The number of hydrogen-bond donors (Lipinski definition) is 0. The number of piperazine rings is 1. The first kappa shape index (κ1) is 14.1. The molecule has 1 fully saturated rings. The molecule has 0 aromatic carbocycles. The van der Waals surface area contributed by atoms with Crippen molar-refractivity contribution in [1.29, 1.82) is 0 Å². The maximum Gasteiger partial charge on any atom is 0.257 e. The molecule has 0 N–H and O–H groups in total. The number of nitrogens with zero attached hydrogens (tertiary/aromatic N) is 5. The second-order valence-corrected chi connectivity index (χ2v) is 5.61. The van der Waals surface area contributed by atoms with Gasteiger partial charge in [-0.3, -0.25) is 0 Å². The Kier molecular flexibility index (Phi) is 4.19. The lowest BCUT2D eigenvalue weighted by atomic mass is 10.3. The predicted octanol–water partition coefficient (Wildman–Crippen LogP) is 1.97. The van der Waals surface area contributed by atoms with E-state index in [4.69, 9.17) is 4.74 Å². The highest BCUT2D eigenvalue weighted by Crippen LogP contribution is 2.24. The van der Waals surface area contributed by atoms with Crippen LogP contribution in [0.2, 0.25) is 0 Å². The van der Waals surface area contributed by atoms with E-state index < -0.39 is 0 Å². The molecule has 21 heavy (non-hydrogen) atoms. The molecule has 3 rings (SSSR count). The Balaban J connectivity index is 1.69. The minimum atomic E-state index is 0.577. The van der Waals surface area contributed by atoms with Gasteiger partial charge in [0.05, 0.1) is 7.11 Å². The summed E-state index contributed by atoms with van der Waals surface area (Å²) in [4.78, 5) is 17.5. The largest absolute Gasteiger partial charge is 0.478 e. The highest BCUT2D eigenvalue weighted by Gasteiger charge is 2.21. The number of halogens is 1. The van der Waals surface area contributed by atoms with Crippen LogP contribution >= 0.6 is 15.9 Å². The van der Waals surface area contributed by atoms with Gasteiger partial charge in [0, 0.05) is 49.2 Å². The predicted molar refractivity (Wildman–Crippen MR) is 84.9 cm³/mol. The van der Waals surface area contributed by atoms with Gasteiger partial charge in [-0.2, -0.15) is 0 Å². The van der Waals surface area contributed by atoms with Crippen LogP contribution in [0, 0.1) is 0 Å². The van der Waals surface area contributed by atoms with E-state index in [1.165, 1.54) is 0 Å². The Bertz CT molecular complexity index is 599. The lowest BCUT2D eigenvalue weighted by Crippen LogP contribution is -2.47. The Labute approximate surface area is 131 Å². The summed E-state index contributed by atoms with van der Waals surface area (Å²) in [6, 6.07) is 4.04. The number of ether oxygens (including phenoxy) is 1. The Hall–Kier alpha value is -1.89. The number of pyridine rings is 1. The molecule has 1 aliphatic rings. The second kappa shape index (κ2) is 6.26. The SMILES string of the molecule is COc1nccnc1N1CCN(c2ccc(Br)cn2)CC1. The number of rotatable bonds is 3. The van der Waals surface area contributed by atoms with Gasteiger partial charge in [0.25, 0.3) is 5.88 Å². The summed E-state index contributed by atoms with van der Waals surface area (Å²) in [5.74, 6) is 2.39. The van der Waals surface area contributed by atoms with Crippen LogP contribution in [-0.2, 0) is 0 Å². The molecule has 6 nitrogen and oxygen atoms in total. The average Bonchev–Trinajstić information content (AvgIpc) is 2.56. The molecule has 0 spiro atoms. The smallest absolute Gasteiger partial charge is 0.257 e. The van der Waals surface area contributed by atoms with Gasteiger partial charge >= 0.3 is 0 Å². The molecule has 0 atom stereocenters. The quantitative estimate of drug-likeness (QED) is 0.844. The van der Waals surface area contributed by atoms with E-state index in [0.29, 0.717) is 5.88 Å². The van der Waals surface area contributed by atoms with Crippen molar-refractivity contribution in [2.45, 2.75) is 0 Å². The highest BCUT2D eigenvalue weighted by molar-refractivity contribution is 9.10. The van der Waals surface area contributed by atoms with E-state index in [0.717, 1.165) is 42.3 Å². The number of anilines is 2. The van der Waals surface area contributed by atoms with Crippen molar-refractivity contribution in [3.05, 3.63) is 35.2 Å². The van der Waals surface area contributed by atoms with E-state index in [1.807, 2.05) is 18.3 Å². The summed E-state index contributed by atoms with van der Waals surface area (Å²) in [5.41, 5.74) is 0. The standard InChI is InChI=1S/C14H16BrN5O/c1-21-14-13(16-4-5-17-14)20-8-6-19(7-9-20)12-3-2-11(15)10-18-12/h2-5,10H,6-9H2,1H3. The second-order valence-electron chi connectivity index (χ2n) is 4.70. The molecule has 0 amide bonds. The minimum Gasteiger partial charge on any atom is -0.478 e. The summed E-state index contributed by atoms with van der Waals surface area (Å²) >= 11 is 3.41. The first-order chi connectivity index (χ1) is 10.3. The lowest BCUT2D eigenvalue weighted by Gasteiger charge is -2.36. The van der Waals surface area contributed by atoms with Gasteiger partial charge in [0.1, 0.15) is 5.82 Å². The molecule has 0 radical (unpaired) electrons. The lowest BCUT2D eigenvalue weighted by molar-refractivity contribution is 0.394. The van der Waals surface area contributed by atoms with Crippen molar-refractivity contribution in [2.75, 3.05) is 43.1 Å². The molecule has 1 saturated heterocycles. The fraction of sp³-hybridized carbons (Fsp3) is 0.357. The number of hydrogen-bond acceptors (Lipinski definition) is 6. The Morgan fingerprint density at radius 2 is 1.71 bits per heavy atom. The van der Waals surface area contributed by atoms with E-state index in [9.17, 15) is 0 Å². The summed E-state index contributed by atoms with van der Waals surface area (Å²) < 4.78 is 6.27. The molecule has 7 heteroatoms. The van der Waals surface area contributed by atoms with E-state index in [1.54, 1.807) is 19.5 Å². The van der Waals surface area contributed by atoms with Gasteiger partial charge in [-0.15, -0.1) is 0 Å². The van der Waals surface area contributed by atoms with Crippen molar-refractivity contribution in [1.82, 2.24) is 15.0 Å². The van der Waals surface area contributed by atoms with Crippen LogP contribution in [0.25, 0.3) is 0 Å². The summed E-state index contributed by atoms with van der Waals surface area (Å²) in [6.07, 6.45) is 5.16. The van der Waals surface area contributed by atoms with Gasteiger partial charge in [-0.1, -0.05) is 0 Å². The molecular formula is C14H16BrN5O. The van der Waals surface area contributed by atoms with Gasteiger partial charge in [-0.25, -0.2) is 15.0 Å². The number of methoxy groups -OCH3 is 1. The van der Waals surface area contributed by atoms with Crippen molar-refractivity contribution in [3.8, 4) is 5.88 Å². The zero-order valence-electron chi connectivity index (χ0n) is 11.7. The Morgan fingerprint density at radius 1 is 1.00 bits per heavy atom. The highest BCUT2D eigenvalue weighted by atomic mass is 79.9. The summed E-state index contributed by atoms with van der Waals surface area (Å²) in [5, 5.41) is 0. The maximum absolute atomic E-state index is 5.28. The van der Waals surface area contributed by atoms with Gasteiger partial charge < -0.3 is 14.5 Å². The zero-order chi connectivity index (χ0) is 14.7. The van der Waals surface area contributed by atoms with Crippen LogP contribution in [0.5, 0.6) is 5.88 Å². The molecular weight excluding hydrogens is 334 g/mol. The van der Waals surface area contributed by atoms with Gasteiger partial charge in [-0.05, 0) is 28.1 Å². The topological polar surface area (TPSA) is 54.4 Å². The zero-order valence-corrected chi connectivity index (χ0v) is 13.3. The molecule has 2 aromatic heterocycles. The fourth-order valence-corrected chi connectivity index (χ4v) is 2.62. The van der Waals surface area contributed by atoms with Crippen LogP contribution in [0.1, 0.15) is 0 Å². The molecule has 0 saturated carbocycles. The first-order valence-electron chi connectivity index (χ1n) is 6.74. The van der Waals surface area contributed by atoms with Crippen LogP contribution in [0.15, 0.2) is 35.2 Å². The van der Waals surface area contributed by atoms with E-state index >= 15 is 0 Å². The normalized spacial score (nSPS) is 15.1. The Morgan fingerprint density at radius 3 is 2.38 bits per heavy atom. The molecule has 0 bridgehead atoms. The molecule has 2 aromatic rings. The van der Waals surface area contributed by atoms with Crippen molar-refractivity contribution in [2.24, 2.45) is 0 Å². The average molecular weight is 350 g/mol. The fourth-order valence-electron chi connectivity index (χ4n) is 2.38. The van der Waals surface area contributed by atoms with Crippen LogP contribution < -0.4 is 14.5 Å². The monoisotopic (exact) mass is 349 g/mol. The molecule has 1 aliphatic heterocycles. The van der Waals surface area contributed by atoms with Crippen molar-refractivity contribution >= 4 is 27.6 Å². The summed E-state index contributed by atoms with van der Waals surface area (Å²) in [7, 11) is 1.62. The third kappa shape index (κ3) is 3.07. The third-order valence-corrected chi connectivity index (χ3v) is 3.92. The molecule has 0 unspecified atom stereocenters. The van der Waals surface area contributed by atoms with Gasteiger partial charge in [0.2, 0.25) is 0 Å². The van der Waals surface area contributed by atoms with Crippen molar-refractivity contribution in [3.63, 3.8) is 0 Å². The molecule has 110 valence electrons. The van der Waals surface area contributed by atoms with Crippen molar-refractivity contribution < 1.29 is 4.74 Å². The third-order valence-electron chi connectivity index (χ3n) is 3.45. The minimum absolute atomic E-state index is 0.577. The molecule has 0 aliphatic carbocycles. The maximum atomic E-state index is 5.28. The molecule has 3 heterocycles. The van der Waals surface area contributed by atoms with Crippen LogP contribution in [-0.4, -0.2) is 48.2 Å². The van der Waals surface area contributed by atoms with E-state index in [2.05, 4.69) is 40.7 Å². The van der Waals surface area contributed by atoms with E-state index in [-0.39, 0.29) is 0 Å². The number of aromatic nitrogens is 3. The van der Waals surface area contributed by atoms with Crippen LogP contribution in [0.3, 0.4) is 0 Å². The van der Waals surface area contributed by atoms with Gasteiger partial charge in [0.15, 0.2) is 5.82 Å². The van der Waals surface area contributed by atoms with Crippen LogP contribution in [0.4, 0.5) is 11.6 Å².